The van der Waals surface area contributed by atoms with E-state index >= 15 is 0 Å². The lowest BCUT2D eigenvalue weighted by molar-refractivity contribution is -0.131. The Hall–Kier alpha value is -3.07. The van der Waals surface area contributed by atoms with Gasteiger partial charge in [-0.3, -0.25) is 19.0 Å². The summed E-state index contributed by atoms with van der Waals surface area (Å²) in [4.78, 5) is 28.6. The van der Waals surface area contributed by atoms with Gasteiger partial charge in [0.05, 0.1) is 12.2 Å². The topological polar surface area (TPSA) is 110 Å². The molecule has 3 unspecified atom stereocenters. The second-order valence-corrected chi connectivity index (χ2v) is 9.18. The first-order chi connectivity index (χ1) is 15.3. The molecule has 0 saturated heterocycles. The van der Waals surface area contributed by atoms with Gasteiger partial charge in [-0.15, -0.1) is 0 Å². The van der Waals surface area contributed by atoms with Crippen molar-refractivity contribution in [1.29, 1.82) is 0 Å². The third kappa shape index (κ3) is 4.29. The van der Waals surface area contributed by atoms with Crippen LogP contribution in [0, 0.1) is 5.92 Å². The molecule has 0 radical (unpaired) electrons. The normalized spacial score (nSPS) is 24.3. The highest BCUT2D eigenvalue weighted by molar-refractivity contribution is 7.84. The highest BCUT2D eigenvalue weighted by Gasteiger charge is 2.48. The summed E-state index contributed by atoms with van der Waals surface area (Å²) < 4.78 is 18.3. The highest BCUT2D eigenvalue weighted by Crippen LogP contribution is 2.45. The van der Waals surface area contributed by atoms with Gasteiger partial charge in [0, 0.05) is 72.0 Å². The number of hydrogen-bond donors (Lipinski definition) is 1. The van der Waals surface area contributed by atoms with Crippen LogP contribution >= 0.6 is 0 Å². The van der Waals surface area contributed by atoms with Gasteiger partial charge in [-0.25, -0.2) is 4.99 Å². The van der Waals surface area contributed by atoms with Crippen molar-refractivity contribution in [2.45, 2.75) is 30.7 Å². The number of amidine groups is 1. The van der Waals surface area contributed by atoms with Crippen LogP contribution in [0.25, 0.3) is 5.57 Å². The van der Waals surface area contributed by atoms with Gasteiger partial charge in [0.1, 0.15) is 17.2 Å². The molecule has 1 aromatic rings. The first kappa shape index (κ1) is 23.6. The highest BCUT2D eigenvalue weighted by atomic mass is 32.2. The Morgan fingerprint density at radius 1 is 1.44 bits per heavy atom. The molecule has 3 rings (SSSR count). The second kappa shape index (κ2) is 9.60. The number of carbonyl (C=O) groups excluding carboxylic acids is 1. The van der Waals surface area contributed by atoms with Crippen LogP contribution in [0.3, 0.4) is 0 Å². The fourth-order valence-corrected chi connectivity index (χ4v) is 4.32. The van der Waals surface area contributed by atoms with Crippen LogP contribution in [-0.4, -0.2) is 65.8 Å². The first-order valence-electron chi connectivity index (χ1n) is 10.3. The maximum atomic E-state index is 13.0. The van der Waals surface area contributed by atoms with E-state index in [0.29, 0.717) is 28.7 Å². The lowest BCUT2D eigenvalue weighted by Crippen LogP contribution is -2.51. The summed E-state index contributed by atoms with van der Waals surface area (Å²) in [6.45, 7) is 4.46. The Labute approximate surface area is 191 Å². The molecule has 8 nitrogen and oxygen atoms in total. The molecule has 2 aliphatic rings. The Bertz CT molecular complexity index is 1090. The predicted octanol–water partition coefficient (Wildman–Crippen LogP) is 2.43. The van der Waals surface area contributed by atoms with Crippen LogP contribution in [0.1, 0.15) is 25.8 Å². The molecule has 0 spiro atoms. The lowest BCUT2D eigenvalue weighted by atomic mass is 9.74. The van der Waals surface area contributed by atoms with E-state index in [9.17, 15) is 9.00 Å². The van der Waals surface area contributed by atoms with Crippen molar-refractivity contribution in [1.82, 2.24) is 4.90 Å². The smallest absolute Gasteiger partial charge is 0.237 e. The molecule has 170 valence electrons. The van der Waals surface area contributed by atoms with Gasteiger partial charge in [0.15, 0.2) is 5.84 Å². The summed E-state index contributed by atoms with van der Waals surface area (Å²) in [6.07, 6.45) is 8.84. The third-order valence-corrected chi connectivity index (χ3v) is 6.43. The van der Waals surface area contributed by atoms with E-state index in [2.05, 4.69) is 9.98 Å². The standard InChI is InChI=1S/C23H29N5O3S/c1-6-9-31-20-8-7-16(32(5)30)10-17(20)19-14-28(4)22(29)18-13-26-21(27-23(18,19)2)15(11-24)12-25-3/h7-8,10-14,18H,6,9,24H2,1-5H3. The Kier molecular flexibility index (Phi) is 7.08. The van der Waals surface area contributed by atoms with Crippen LogP contribution in [0.2, 0.25) is 0 Å². The number of fused-ring (bicyclic) bond motifs is 1. The maximum absolute atomic E-state index is 13.0. The fourth-order valence-electron chi connectivity index (χ4n) is 3.78. The molecule has 32 heavy (non-hydrogen) atoms. The molecular weight excluding hydrogens is 426 g/mol. The molecule has 0 saturated carbocycles. The van der Waals surface area contributed by atoms with Gasteiger partial charge in [-0.05, 0) is 31.5 Å². The van der Waals surface area contributed by atoms with E-state index in [1.165, 1.54) is 6.20 Å². The summed E-state index contributed by atoms with van der Waals surface area (Å²) in [5.41, 5.74) is 6.89. The largest absolute Gasteiger partial charge is 0.493 e. The van der Waals surface area contributed by atoms with Crippen molar-refractivity contribution in [3.8, 4) is 5.75 Å². The number of carbonyl (C=O) groups is 1. The van der Waals surface area contributed by atoms with Crippen LogP contribution in [0.5, 0.6) is 5.75 Å². The van der Waals surface area contributed by atoms with Crippen molar-refractivity contribution in [2.75, 3.05) is 27.0 Å². The van der Waals surface area contributed by atoms with Crippen molar-refractivity contribution in [2.24, 2.45) is 26.6 Å². The van der Waals surface area contributed by atoms with E-state index in [-0.39, 0.29) is 5.91 Å². The minimum Gasteiger partial charge on any atom is -0.493 e. The monoisotopic (exact) mass is 455 g/mol. The summed E-state index contributed by atoms with van der Waals surface area (Å²) in [7, 11) is 2.16. The van der Waals surface area contributed by atoms with Crippen molar-refractivity contribution >= 4 is 40.5 Å². The van der Waals surface area contributed by atoms with E-state index in [4.69, 9.17) is 15.5 Å². The van der Waals surface area contributed by atoms with Crippen LogP contribution in [-0.2, 0) is 15.6 Å². The SMILES string of the molecule is CCCOc1ccc(S(C)=O)cc1C1=CN(C)C(=O)C2C=NC(C(C=NC)=CN)=NC12C. The number of rotatable bonds is 7. The molecule has 0 bridgehead atoms. The molecule has 2 aliphatic heterocycles. The average Bonchev–Trinajstić information content (AvgIpc) is 2.78. The van der Waals surface area contributed by atoms with Crippen LogP contribution in [0.15, 0.2) is 56.0 Å². The molecule has 0 aromatic heterocycles. The molecule has 2 heterocycles. The van der Waals surface area contributed by atoms with Crippen molar-refractivity contribution < 1.29 is 13.7 Å². The number of nitrogens with two attached hydrogens (primary N) is 1. The van der Waals surface area contributed by atoms with Gasteiger partial charge in [0.25, 0.3) is 0 Å². The Morgan fingerprint density at radius 2 is 2.19 bits per heavy atom. The average molecular weight is 456 g/mol. The number of ether oxygens (including phenoxy) is 1. The molecular formula is C23H29N5O3S. The van der Waals surface area contributed by atoms with Gasteiger partial charge < -0.3 is 15.4 Å². The molecule has 1 aromatic carbocycles. The predicted molar refractivity (Wildman–Crippen MR) is 130 cm³/mol. The summed E-state index contributed by atoms with van der Waals surface area (Å²) >= 11 is 0. The molecule has 0 aliphatic carbocycles. The van der Waals surface area contributed by atoms with Gasteiger partial charge >= 0.3 is 0 Å². The summed E-state index contributed by atoms with van der Waals surface area (Å²) in [5.74, 6) is 0.325. The zero-order valence-electron chi connectivity index (χ0n) is 19.0. The van der Waals surface area contributed by atoms with Gasteiger partial charge in [0.2, 0.25) is 5.91 Å². The number of benzene rings is 1. The molecule has 1 amide bonds. The quantitative estimate of drug-likeness (QED) is 0.637. The number of aliphatic imine (C=N–C) groups is 3. The minimum atomic E-state index is -1.18. The first-order valence-corrected chi connectivity index (χ1v) is 11.9. The Morgan fingerprint density at radius 3 is 2.81 bits per heavy atom. The van der Waals surface area contributed by atoms with Crippen molar-refractivity contribution in [3.05, 3.63) is 41.7 Å². The molecule has 2 N–H and O–H groups in total. The van der Waals surface area contributed by atoms with E-state index in [0.717, 1.165) is 17.6 Å². The van der Waals surface area contributed by atoms with E-state index in [1.54, 1.807) is 49.9 Å². The van der Waals surface area contributed by atoms with Gasteiger partial charge in [-0.2, -0.15) is 0 Å². The molecule has 0 fully saturated rings. The third-order valence-electron chi connectivity index (χ3n) is 5.51. The maximum Gasteiger partial charge on any atom is 0.237 e. The van der Waals surface area contributed by atoms with E-state index < -0.39 is 22.3 Å². The fraction of sp³-hybridized carbons (Fsp3) is 0.391. The zero-order chi connectivity index (χ0) is 23.5. The molecule has 9 heteroatoms. The zero-order valence-corrected chi connectivity index (χ0v) is 19.8. The minimum absolute atomic E-state index is 0.114. The van der Waals surface area contributed by atoms with E-state index in [1.807, 2.05) is 26.0 Å². The second-order valence-electron chi connectivity index (χ2n) is 7.80. The van der Waals surface area contributed by atoms with Crippen LogP contribution < -0.4 is 10.5 Å². The Balaban J connectivity index is 2.25. The summed E-state index contributed by atoms with van der Waals surface area (Å²) in [5, 5.41) is 0. The van der Waals surface area contributed by atoms with Crippen LogP contribution in [0.4, 0.5) is 0 Å². The number of hydrogen-bond acceptors (Lipinski definition) is 7. The van der Waals surface area contributed by atoms with Gasteiger partial charge in [-0.1, -0.05) is 6.92 Å². The lowest BCUT2D eigenvalue weighted by Gasteiger charge is -2.42. The summed E-state index contributed by atoms with van der Waals surface area (Å²) in [6, 6.07) is 5.48. The number of nitrogens with zero attached hydrogens (tertiary/aromatic N) is 4. The number of amides is 1. The van der Waals surface area contributed by atoms with Crippen molar-refractivity contribution in [3.63, 3.8) is 0 Å². The molecule has 3 atom stereocenters.